The molecule has 0 fully saturated rings. The van der Waals surface area contributed by atoms with Gasteiger partial charge in [-0.1, -0.05) is 116 Å². The van der Waals surface area contributed by atoms with Crippen LogP contribution in [0.2, 0.25) is 0 Å². The van der Waals surface area contributed by atoms with Gasteiger partial charge in [0, 0.05) is 35.5 Å². The minimum Gasteiger partial charge on any atom is -0.345 e. The highest BCUT2D eigenvalue weighted by molar-refractivity contribution is 5.89. The van der Waals surface area contributed by atoms with Crippen LogP contribution >= 0.6 is 0 Å². The molecule has 2 heteroatoms. The normalized spacial score (nSPS) is 11.5. The Morgan fingerprint density at radius 1 is 0.545 bits per heavy atom. The average molecular weight is 569 g/mol. The van der Waals surface area contributed by atoms with E-state index in [1.165, 1.54) is 21.9 Å². The molecule has 44 heavy (non-hydrogen) atoms. The van der Waals surface area contributed by atoms with Crippen LogP contribution in [0.5, 0.6) is 0 Å². The van der Waals surface area contributed by atoms with E-state index in [-0.39, 0.29) is 0 Å². The van der Waals surface area contributed by atoms with E-state index in [0.717, 1.165) is 39.6 Å². The van der Waals surface area contributed by atoms with Crippen LogP contribution in [0.4, 0.5) is 28.4 Å². The minimum absolute atomic E-state index is 1.10. The first-order chi connectivity index (χ1) is 21.6. The van der Waals surface area contributed by atoms with Crippen molar-refractivity contribution < 1.29 is 0 Å². The molecule has 0 saturated heterocycles. The van der Waals surface area contributed by atoms with Gasteiger partial charge in [-0.15, -0.1) is 0 Å². The van der Waals surface area contributed by atoms with Crippen molar-refractivity contribution in [3.05, 3.63) is 182 Å². The van der Waals surface area contributed by atoms with Crippen LogP contribution in [0.1, 0.15) is 12.5 Å². The topological polar surface area (TPSA) is 6.48 Å². The number of rotatable bonds is 9. The molecule has 0 unspecified atom stereocenters. The quantitative estimate of drug-likeness (QED) is 0.160. The standard InChI is InChI=1S/C42H36N2/c1-4-11-32(12-5-2)35-19-24-40(25-20-35)44(42-26-21-34-15-9-10-16-37(34)31-42)41-29-27-39(28-30-41)43(3)38-22-17-36(18-23-38)33-13-7-6-8-14-33/h4-31H,1H2,2-3H3/b12-5-,32-11+. The summed E-state index contributed by atoms with van der Waals surface area (Å²) in [5.74, 6) is 0. The lowest BCUT2D eigenvalue weighted by Crippen LogP contribution is -2.12. The van der Waals surface area contributed by atoms with E-state index in [9.17, 15) is 0 Å². The summed E-state index contributed by atoms with van der Waals surface area (Å²) in [6, 6.07) is 51.9. The van der Waals surface area contributed by atoms with Crippen molar-refractivity contribution in [2.75, 3.05) is 16.8 Å². The van der Waals surface area contributed by atoms with Crippen LogP contribution in [0.3, 0.4) is 0 Å². The van der Waals surface area contributed by atoms with Gasteiger partial charge in [0.2, 0.25) is 0 Å². The fourth-order valence-corrected chi connectivity index (χ4v) is 5.60. The van der Waals surface area contributed by atoms with Crippen molar-refractivity contribution >= 4 is 44.8 Å². The fourth-order valence-electron chi connectivity index (χ4n) is 5.60. The molecule has 214 valence electrons. The molecule has 0 atom stereocenters. The van der Waals surface area contributed by atoms with Gasteiger partial charge in [0.1, 0.15) is 0 Å². The van der Waals surface area contributed by atoms with E-state index in [1.54, 1.807) is 0 Å². The zero-order valence-corrected chi connectivity index (χ0v) is 25.3. The molecule has 0 bridgehead atoms. The van der Waals surface area contributed by atoms with E-state index in [2.05, 4.69) is 175 Å². The van der Waals surface area contributed by atoms with Gasteiger partial charge < -0.3 is 9.80 Å². The largest absolute Gasteiger partial charge is 0.345 e. The lowest BCUT2D eigenvalue weighted by Gasteiger charge is -2.27. The Kier molecular flexibility index (Phi) is 8.52. The fraction of sp³-hybridized carbons (Fsp3) is 0.0476. The number of benzene rings is 6. The number of hydrogen-bond donors (Lipinski definition) is 0. The van der Waals surface area contributed by atoms with Crippen LogP contribution in [-0.2, 0) is 0 Å². The molecule has 0 aromatic heterocycles. The number of allylic oxidation sites excluding steroid dienone is 5. The second-order valence-electron chi connectivity index (χ2n) is 10.8. The molecule has 0 radical (unpaired) electrons. The van der Waals surface area contributed by atoms with E-state index < -0.39 is 0 Å². The molecule has 0 aliphatic heterocycles. The van der Waals surface area contributed by atoms with Gasteiger partial charge in [0.05, 0.1) is 0 Å². The summed E-state index contributed by atoms with van der Waals surface area (Å²) in [7, 11) is 2.12. The SMILES string of the molecule is C=C/C=C(\C=C/C)c1ccc(N(c2ccc(N(C)c3ccc(-c4ccccc4)cc3)cc2)c2ccc3ccccc3c2)cc1. The summed E-state index contributed by atoms with van der Waals surface area (Å²) in [4.78, 5) is 4.55. The van der Waals surface area contributed by atoms with Gasteiger partial charge in [-0.05, 0) is 101 Å². The van der Waals surface area contributed by atoms with E-state index >= 15 is 0 Å². The molecule has 0 saturated carbocycles. The third-order valence-corrected chi connectivity index (χ3v) is 7.95. The highest BCUT2D eigenvalue weighted by atomic mass is 15.1. The van der Waals surface area contributed by atoms with Crippen molar-refractivity contribution in [2.45, 2.75) is 6.92 Å². The predicted molar refractivity (Wildman–Crippen MR) is 192 cm³/mol. The van der Waals surface area contributed by atoms with Gasteiger partial charge in [0.15, 0.2) is 0 Å². The number of fused-ring (bicyclic) bond motifs is 1. The summed E-state index contributed by atoms with van der Waals surface area (Å²) in [5.41, 5.74) is 10.3. The van der Waals surface area contributed by atoms with Crippen LogP contribution < -0.4 is 9.80 Å². The molecule has 0 aliphatic carbocycles. The first kappa shape index (κ1) is 28.5. The zero-order chi connectivity index (χ0) is 30.3. The van der Waals surface area contributed by atoms with Crippen molar-refractivity contribution in [1.82, 2.24) is 0 Å². The summed E-state index contributed by atoms with van der Waals surface area (Å²) in [6.45, 7) is 5.93. The molecule has 2 nitrogen and oxygen atoms in total. The number of anilines is 5. The van der Waals surface area contributed by atoms with Crippen LogP contribution in [0.15, 0.2) is 176 Å². The molecule has 0 N–H and O–H groups in total. The average Bonchev–Trinajstić information content (AvgIpc) is 3.09. The van der Waals surface area contributed by atoms with Crippen molar-refractivity contribution in [1.29, 1.82) is 0 Å². The maximum Gasteiger partial charge on any atom is 0.0468 e. The lowest BCUT2D eigenvalue weighted by atomic mass is 10.0. The van der Waals surface area contributed by atoms with Crippen LogP contribution in [0, 0.1) is 0 Å². The number of hydrogen-bond acceptors (Lipinski definition) is 2. The highest BCUT2D eigenvalue weighted by Gasteiger charge is 2.15. The first-order valence-electron chi connectivity index (χ1n) is 15.0. The Hall–Kier alpha value is -5.60. The number of nitrogens with zero attached hydrogens (tertiary/aromatic N) is 2. The van der Waals surface area contributed by atoms with Gasteiger partial charge >= 0.3 is 0 Å². The molecular formula is C42H36N2. The Bertz CT molecular complexity index is 1910. The van der Waals surface area contributed by atoms with Crippen molar-refractivity contribution in [2.24, 2.45) is 0 Å². The van der Waals surface area contributed by atoms with E-state index in [1.807, 2.05) is 25.1 Å². The summed E-state index contributed by atoms with van der Waals surface area (Å²) >= 11 is 0. The summed E-state index contributed by atoms with van der Waals surface area (Å²) in [5, 5.41) is 2.44. The van der Waals surface area contributed by atoms with Crippen molar-refractivity contribution in [3.63, 3.8) is 0 Å². The van der Waals surface area contributed by atoms with Gasteiger partial charge in [-0.2, -0.15) is 0 Å². The molecule has 0 aliphatic rings. The lowest BCUT2D eigenvalue weighted by molar-refractivity contribution is 1.20. The zero-order valence-electron chi connectivity index (χ0n) is 25.3. The maximum atomic E-state index is 3.89. The van der Waals surface area contributed by atoms with Crippen LogP contribution in [-0.4, -0.2) is 7.05 Å². The third kappa shape index (κ3) is 6.11. The highest BCUT2D eigenvalue weighted by Crippen LogP contribution is 2.38. The van der Waals surface area contributed by atoms with Crippen molar-refractivity contribution in [3.8, 4) is 11.1 Å². The van der Waals surface area contributed by atoms with Gasteiger partial charge in [0.25, 0.3) is 0 Å². The molecule has 0 heterocycles. The van der Waals surface area contributed by atoms with Crippen LogP contribution in [0.25, 0.3) is 27.5 Å². The third-order valence-electron chi connectivity index (χ3n) is 7.95. The van der Waals surface area contributed by atoms with E-state index in [0.29, 0.717) is 0 Å². The van der Waals surface area contributed by atoms with Gasteiger partial charge in [-0.3, -0.25) is 0 Å². The molecule has 6 rings (SSSR count). The second kappa shape index (κ2) is 13.1. The maximum absolute atomic E-state index is 3.89. The monoisotopic (exact) mass is 568 g/mol. The summed E-state index contributed by atoms with van der Waals surface area (Å²) in [6.07, 6.45) is 8.05. The Labute approximate surface area is 261 Å². The second-order valence-corrected chi connectivity index (χ2v) is 10.8. The Balaban J connectivity index is 1.33. The van der Waals surface area contributed by atoms with E-state index in [4.69, 9.17) is 0 Å². The Morgan fingerprint density at radius 3 is 1.70 bits per heavy atom. The molecule has 0 spiro atoms. The summed E-state index contributed by atoms with van der Waals surface area (Å²) < 4.78 is 0. The molecule has 6 aromatic carbocycles. The predicted octanol–water partition coefficient (Wildman–Crippen LogP) is 11.9. The first-order valence-corrected chi connectivity index (χ1v) is 15.0. The minimum atomic E-state index is 1.10. The molecule has 6 aromatic rings. The molecule has 0 amide bonds. The van der Waals surface area contributed by atoms with Gasteiger partial charge in [-0.25, -0.2) is 0 Å². The Morgan fingerprint density at radius 2 is 1.07 bits per heavy atom. The smallest absolute Gasteiger partial charge is 0.0468 e. The molecular weight excluding hydrogens is 532 g/mol.